The van der Waals surface area contributed by atoms with E-state index < -0.39 is 181 Å². The minimum atomic E-state index is -4.75. The Morgan fingerprint density at radius 2 is 1.11 bits per heavy atom. The van der Waals surface area contributed by atoms with Crippen molar-refractivity contribution in [1.82, 2.24) is 55.6 Å². The summed E-state index contributed by atoms with van der Waals surface area (Å²) in [6.45, 7) is 17.1. The van der Waals surface area contributed by atoms with Crippen LogP contribution in [-0.4, -0.2) is 234 Å². The van der Waals surface area contributed by atoms with Crippen LogP contribution in [0, 0.1) is 41.4 Å². The summed E-state index contributed by atoms with van der Waals surface area (Å²) in [5.74, 6) is -11.8. The molecular formula is C64H108ClF4N11O11. The number of rotatable bonds is 12. The minimum absolute atomic E-state index is 0.0122. The maximum absolute atomic E-state index is 15.1. The maximum Gasteiger partial charge on any atom is 0.394 e. The fourth-order valence-corrected chi connectivity index (χ4v) is 12.3. The van der Waals surface area contributed by atoms with Crippen LogP contribution >= 0.6 is 11.6 Å². The number of amides is 11. The summed E-state index contributed by atoms with van der Waals surface area (Å²) in [6.07, 6.45) is -4.94. The van der Waals surface area contributed by atoms with Crippen molar-refractivity contribution in [2.45, 2.75) is 232 Å². The average Bonchev–Trinajstić information content (AvgIpc) is 0.923. The van der Waals surface area contributed by atoms with Gasteiger partial charge in [-0.3, -0.25) is 52.7 Å². The monoisotopic (exact) mass is 1320 g/mol. The first-order chi connectivity index (χ1) is 42.0. The topological polar surface area (TPSA) is 259 Å². The molecule has 0 aromatic rings. The van der Waals surface area contributed by atoms with Crippen LogP contribution in [0.4, 0.5) is 17.6 Å². The molecule has 2 aliphatic carbocycles. The summed E-state index contributed by atoms with van der Waals surface area (Å²) in [5.41, 5.74) is -1.71. The molecule has 0 radical (unpaired) electrons. The van der Waals surface area contributed by atoms with Crippen LogP contribution in [0.25, 0.3) is 0 Å². The molecule has 3 rings (SSSR count). The summed E-state index contributed by atoms with van der Waals surface area (Å²) in [4.78, 5) is 167. The van der Waals surface area contributed by atoms with Gasteiger partial charge in [0.05, 0.1) is 25.6 Å². The molecule has 27 heteroatoms. The first kappa shape index (κ1) is 79.4. The number of hydrogen-bond acceptors (Lipinski definition) is 11. The third-order valence-corrected chi connectivity index (χ3v) is 19.4. The molecule has 22 nitrogen and oxygen atoms in total. The van der Waals surface area contributed by atoms with Crippen LogP contribution in [0.5, 0.6) is 0 Å². The molecule has 0 bridgehead atoms. The van der Waals surface area contributed by atoms with E-state index in [-0.39, 0.29) is 68.1 Å². The van der Waals surface area contributed by atoms with Gasteiger partial charge in [-0.25, -0.2) is 4.39 Å². The normalized spacial score (nSPS) is 29.8. The predicted molar refractivity (Wildman–Crippen MR) is 338 cm³/mol. The molecule has 11 amide bonds. The second kappa shape index (κ2) is 34.9. The molecule has 0 aromatic heterocycles. The third kappa shape index (κ3) is 22.7. The Kier molecular flexibility index (Phi) is 30.5. The quantitative estimate of drug-likeness (QED) is 0.140. The van der Waals surface area contributed by atoms with Gasteiger partial charge in [-0.1, -0.05) is 61.8 Å². The lowest BCUT2D eigenvalue weighted by atomic mass is 9.78. The Bertz CT molecular complexity index is 2540. The van der Waals surface area contributed by atoms with Crippen molar-refractivity contribution in [2.24, 2.45) is 41.4 Å². The number of carbonyl (C=O) groups excluding carboxylic acids is 11. The first-order valence-electron chi connectivity index (χ1n) is 32.4. The fourth-order valence-electron chi connectivity index (χ4n) is 12.0. The van der Waals surface area contributed by atoms with Crippen molar-refractivity contribution in [3.8, 4) is 0 Å². The fraction of sp³-hybridized carbons (Fsp3) is 0.828. The second-order valence-corrected chi connectivity index (χ2v) is 28.5. The molecule has 1 saturated heterocycles. The average molecular weight is 1320 g/mol. The number of alkyl halides is 5. The summed E-state index contributed by atoms with van der Waals surface area (Å²) in [6, 6.07) is -8.21. The molecule has 1 aliphatic heterocycles. The van der Waals surface area contributed by atoms with Crippen LogP contribution < -0.4 is 21.3 Å². The Morgan fingerprint density at radius 1 is 0.571 bits per heavy atom. The van der Waals surface area contributed by atoms with E-state index in [9.17, 15) is 65.9 Å². The highest BCUT2D eigenvalue weighted by molar-refractivity contribution is 6.20. The minimum Gasteiger partial charge on any atom is -0.343 e. The SMILES string of the molecule is CC[C@H](C)[C@@H]1NC(=O)[C@H](CC(C)C)N(C)C(=O)C[C@@H](C)N(C)C(=O)[C@H](CC(C)C)NC(=O)C(C)(C)N(C)C(=O)[C@H](C(C)C)NC(=O)[C@H](CCC2CCC(C(F)(F)F)C(F)C2)NC(=O)CN(C)C(=O)[C@H](CC2CCC(Cl)CC2)N(C)C(=O)CN(C)C(=O)CN(C)C1=O. The van der Waals surface area contributed by atoms with E-state index in [4.69, 9.17) is 11.6 Å². The zero-order valence-electron chi connectivity index (χ0n) is 57.3. The van der Waals surface area contributed by atoms with Gasteiger partial charge in [-0.05, 0) is 133 Å². The van der Waals surface area contributed by atoms with Crippen LogP contribution in [0.2, 0.25) is 0 Å². The molecule has 0 aromatic carbocycles. The van der Waals surface area contributed by atoms with E-state index in [2.05, 4.69) is 21.3 Å². The standard InChI is InChI=1S/C64H108ClF4N11O11/c1-19-39(8)55-60(89)76(14)34-52(83)74(12)35-53(84)79(17)49(32-42-20-24-43(65)25-21-42)59(88)75(13)33-50(81)70-46(27-23-41-22-26-44(45(66)31-41)64(67,68)69)56(85)72-54(38(6)7)61(90)80(18)63(10,11)62(91)71-47(28-36(2)3)58(87)77(15)40(9)30-51(82)78(16)48(29-37(4)5)57(86)73-55/h36-49,54-55H,19-35H2,1-18H3,(H,70,81)(H,71,91)(H,72,85)(H,73,86)/t39-,40+,41?,42?,43?,44?,45?,46-,47-,48-,49-,54-,55-/m0/s1. The summed E-state index contributed by atoms with van der Waals surface area (Å²) >= 11 is 6.46. The van der Waals surface area contributed by atoms with Gasteiger partial charge in [0.15, 0.2) is 0 Å². The van der Waals surface area contributed by atoms with E-state index in [0.29, 0.717) is 32.1 Å². The second-order valence-electron chi connectivity index (χ2n) is 27.9. The van der Waals surface area contributed by atoms with Crippen LogP contribution in [0.15, 0.2) is 0 Å². The number of nitrogens with zero attached hydrogens (tertiary/aromatic N) is 7. The summed E-state index contributed by atoms with van der Waals surface area (Å²) < 4.78 is 56.3. The lowest BCUT2D eigenvalue weighted by Crippen LogP contribution is -2.63. The Morgan fingerprint density at radius 3 is 1.65 bits per heavy atom. The molecule has 4 N–H and O–H groups in total. The molecule has 3 fully saturated rings. The Hall–Kier alpha value is -5.82. The molecule has 2 saturated carbocycles. The number of carbonyl (C=O) groups is 11. The van der Waals surface area contributed by atoms with Crippen molar-refractivity contribution in [1.29, 1.82) is 0 Å². The lowest BCUT2D eigenvalue weighted by Gasteiger charge is -2.39. The first-order valence-corrected chi connectivity index (χ1v) is 32.8. The van der Waals surface area contributed by atoms with Crippen molar-refractivity contribution in [3.05, 3.63) is 0 Å². The van der Waals surface area contributed by atoms with E-state index in [1.54, 1.807) is 27.7 Å². The van der Waals surface area contributed by atoms with Crippen molar-refractivity contribution in [3.63, 3.8) is 0 Å². The maximum atomic E-state index is 15.1. The van der Waals surface area contributed by atoms with Crippen molar-refractivity contribution >= 4 is 76.6 Å². The molecule has 3 aliphatic rings. The number of likely N-dealkylation sites (N-methyl/N-ethyl adjacent to an activating group) is 7. The molecule has 11 atom stereocenters. The smallest absolute Gasteiger partial charge is 0.343 e. The highest BCUT2D eigenvalue weighted by Gasteiger charge is 2.49. The largest absolute Gasteiger partial charge is 0.394 e. The van der Waals surface area contributed by atoms with Crippen LogP contribution in [-0.2, 0) is 52.7 Å². The van der Waals surface area contributed by atoms with Crippen LogP contribution in [0.3, 0.4) is 0 Å². The van der Waals surface area contributed by atoms with Gasteiger partial charge < -0.3 is 55.6 Å². The van der Waals surface area contributed by atoms with Gasteiger partial charge in [-0.2, -0.15) is 13.2 Å². The van der Waals surface area contributed by atoms with Gasteiger partial charge in [0, 0.05) is 67.2 Å². The van der Waals surface area contributed by atoms with E-state index in [0.717, 1.165) is 19.6 Å². The van der Waals surface area contributed by atoms with Gasteiger partial charge in [0.1, 0.15) is 48.0 Å². The lowest BCUT2D eigenvalue weighted by molar-refractivity contribution is -0.201. The number of halogens is 5. The molecule has 520 valence electrons. The van der Waals surface area contributed by atoms with Crippen molar-refractivity contribution < 1.29 is 70.3 Å². The summed E-state index contributed by atoms with van der Waals surface area (Å²) in [7, 11) is 9.77. The third-order valence-electron chi connectivity index (χ3n) is 19.0. The molecular weight excluding hydrogens is 1210 g/mol. The zero-order chi connectivity index (χ0) is 69.5. The van der Waals surface area contributed by atoms with Gasteiger partial charge in [0.2, 0.25) is 65.0 Å². The van der Waals surface area contributed by atoms with Crippen LogP contribution in [0.1, 0.15) is 166 Å². The van der Waals surface area contributed by atoms with Gasteiger partial charge in [-0.15, -0.1) is 11.6 Å². The molecule has 3 unspecified atom stereocenters. The predicted octanol–water partition coefficient (Wildman–Crippen LogP) is 5.52. The van der Waals surface area contributed by atoms with E-state index in [1.165, 1.54) is 77.9 Å². The van der Waals surface area contributed by atoms with Gasteiger partial charge in [0.25, 0.3) is 0 Å². The van der Waals surface area contributed by atoms with Crippen molar-refractivity contribution in [2.75, 3.05) is 69.0 Å². The van der Waals surface area contributed by atoms with Gasteiger partial charge >= 0.3 is 6.18 Å². The highest BCUT2D eigenvalue weighted by Crippen LogP contribution is 2.43. The van der Waals surface area contributed by atoms with E-state index in [1.807, 2.05) is 34.6 Å². The Balaban J connectivity index is 2.18. The highest BCUT2D eigenvalue weighted by atomic mass is 35.5. The summed E-state index contributed by atoms with van der Waals surface area (Å²) in [5, 5.41) is 11.0. The zero-order valence-corrected chi connectivity index (χ0v) is 58.0. The van der Waals surface area contributed by atoms with E-state index >= 15 is 4.39 Å². The Labute approximate surface area is 542 Å². The molecule has 1 heterocycles. The number of hydrogen-bond donors (Lipinski definition) is 4. The number of nitrogens with one attached hydrogen (secondary N) is 4. The molecule has 91 heavy (non-hydrogen) atoms. The molecule has 0 spiro atoms.